The van der Waals surface area contributed by atoms with Crippen molar-refractivity contribution in [2.45, 2.75) is 147 Å². The summed E-state index contributed by atoms with van der Waals surface area (Å²) in [7, 11) is 7.22. The first-order valence-electron chi connectivity index (χ1n) is 17.7. The third-order valence-corrected chi connectivity index (χ3v) is 11.0. The van der Waals surface area contributed by atoms with Crippen LogP contribution in [0.4, 0.5) is 0 Å². The van der Waals surface area contributed by atoms with E-state index >= 15 is 0 Å². The second-order valence-corrected chi connectivity index (χ2v) is 15.8. The quantitative estimate of drug-likeness (QED) is 0.298. The molecule has 3 saturated heterocycles. The van der Waals surface area contributed by atoms with Crippen LogP contribution >= 0.6 is 0 Å². The predicted octanol–water partition coefficient (Wildman–Crippen LogP) is 1.62. The monoisotopic (exact) mass is 690 g/mol. The largest absolute Gasteiger partial charge is 0.464 e. The number of methoxy groups -OCH3 is 1. The SMILES string of the molecule is CO[C@]1(C)C[C@H](O[C@H]2[C@H](C)[C@@H](O[C@@H]3O[C@H](C)C[C@H](N(C)C)[C@H]3O)[C@@](C)(O)C[C@@H](C)[C@H](O)[C@H](C)CN(C)CCOC(=O)[C@@H]2C)O[C@@H](C)[C@@H]1O. The Balaban J connectivity index is 2.09. The molecule has 3 aliphatic rings. The lowest BCUT2D eigenvalue weighted by molar-refractivity contribution is -0.318. The number of nitrogens with zero attached hydrogens (tertiary/aromatic N) is 2. The van der Waals surface area contributed by atoms with E-state index in [2.05, 4.69) is 0 Å². The Morgan fingerprint density at radius 1 is 0.938 bits per heavy atom. The highest BCUT2D eigenvalue weighted by Crippen LogP contribution is 2.40. The molecule has 16 atom stereocenters. The fourth-order valence-corrected chi connectivity index (χ4v) is 7.98. The summed E-state index contributed by atoms with van der Waals surface area (Å²) in [6, 6.07) is -0.254. The molecule has 0 amide bonds. The van der Waals surface area contributed by atoms with Crippen molar-refractivity contribution in [2.75, 3.05) is 47.9 Å². The van der Waals surface area contributed by atoms with E-state index in [4.69, 9.17) is 28.4 Å². The fourth-order valence-electron chi connectivity index (χ4n) is 7.98. The first kappa shape index (κ1) is 41.5. The minimum Gasteiger partial charge on any atom is -0.464 e. The van der Waals surface area contributed by atoms with E-state index in [0.717, 1.165) is 0 Å². The molecule has 0 unspecified atom stereocenters. The molecule has 0 saturated carbocycles. The van der Waals surface area contributed by atoms with Gasteiger partial charge >= 0.3 is 5.97 Å². The number of hydrogen-bond acceptors (Lipinski definition) is 13. The van der Waals surface area contributed by atoms with E-state index < -0.39 is 78.2 Å². The Morgan fingerprint density at radius 2 is 1.58 bits per heavy atom. The van der Waals surface area contributed by atoms with Gasteiger partial charge in [0.05, 0.1) is 47.6 Å². The first-order valence-corrected chi connectivity index (χ1v) is 17.7. The lowest BCUT2D eigenvalue weighted by Crippen LogP contribution is -2.60. The van der Waals surface area contributed by atoms with Gasteiger partial charge in [0.25, 0.3) is 0 Å². The summed E-state index contributed by atoms with van der Waals surface area (Å²) in [4.78, 5) is 17.6. The number of ether oxygens (including phenoxy) is 6. The second kappa shape index (κ2) is 17.0. The predicted molar refractivity (Wildman–Crippen MR) is 179 cm³/mol. The molecule has 4 N–H and O–H groups in total. The van der Waals surface area contributed by atoms with Crippen LogP contribution in [0.5, 0.6) is 0 Å². The topological polar surface area (TPSA) is 160 Å². The van der Waals surface area contributed by atoms with Crippen molar-refractivity contribution in [1.82, 2.24) is 9.80 Å². The van der Waals surface area contributed by atoms with Crippen LogP contribution in [0.3, 0.4) is 0 Å². The average molecular weight is 691 g/mol. The standard InChI is InChI=1S/C35H66N2O11/c1-19-16-34(7,42)31(48-33-28(39)25(36(9)10)15-21(3)45-33)22(4)29(47-26-17-35(8,43-12)30(40)24(6)46-26)23(5)32(41)44-14-13-37(11)18-20(2)27(19)38/h19-31,33,38-40,42H,13-18H2,1-12H3/t19-,20-,21-,22+,23-,24+,25+,26+,27+,28-,29+,30+,31-,33+,34+,35-/m1/s1. The number of aliphatic hydroxyl groups is 4. The van der Waals surface area contributed by atoms with E-state index in [1.807, 2.05) is 58.6 Å². The lowest BCUT2D eigenvalue weighted by atomic mass is 9.76. The fraction of sp³-hybridized carbons (Fsp3) is 0.971. The minimum absolute atomic E-state index is 0.130. The van der Waals surface area contributed by atoms with Gasteiger partial charge in [-0.05, 0) is 80.4 Å². The summed E-state index contributed by atoms with van der Waals surface area (Å²) in [5.74, 6) is -2.47. The number of aliphatic hydroxyl groups excluding tert-OH is 3. The first-order chi connectivity index (χ1) is 22.2. The molecule has 0 spiro atoms. The van der Waals surface area contributed by atoms with Gasteiger partial charge in [0.15, 0.2) is 12.6 Å². The van der Waals surface area contributed by atoms with E-state index in [0.29, 0.717) is 19.5 Å². The zero-order valence-electron chi connectivity index (χ0n) is 31.4. The van der Waals surface area contributed by atoms with Crippen molar-refractivity contribution < 1.29 is 53.6 Å². The van der Waals surface area contributed by atoms with E-state index in [-0.39, 0.29) is 43.4 Å². The third-order valence-electron chi connectivity index (χ3n) is 11.0. The van der Waals surface area contributed by atoms with Gasteiger partial charge in [0.2, 0.25) is 0 Å². The molecule has 13 heteroatoms. The van der Waals surface area contributed by atoms with Crippen LogP contribution in [0, 0.1) is 23.7 Å². The highest BCUT2D eigenvalue weighted by atomic mass is 16.7. The molecule has 3 aliphatic heterocycles. The molecule has 0 aromatic carbocycles. The molecule has 3 fully saturated rings. The van der Waals surface area contributed by atoms with Gasteiger partial charge in [-0.3, -0.25) is 4.79 Å². The zero-order valence-corrected chi connectivity index (χ0v) is 31.4. The number of likely N-dealkylation sites (N-methyl/N-ethyl adjacent to an activating group) is 2. The number of hydrogen-bond donors (Lipinski definition) is 4. The highest BCUT2D eigenvalue weighted by Gasteiger charge is 2.51. The summed E-state index contributed by atoms with van der Waals surface area (Å²) in [5, 5.41) is 46.0. The van der Waals surface area contributed by atoms with Gasteiger partial charge in [-0.15, -0.1) is 0 Å². The molecule has 3 rings (SSSR count). The molecule has 3 heterocycles. The van der Waals surface area contributed by atoms with Crippen LogP contribution < -0.4 is 0 Å². The van der Waals surface area contributed by atoms with Crippen molar-refractivity contribution in [2.24, 2.45) is 23.7 Å². The van der Waals surface area contributed by atoms with Crippen LogP contribution in [-0.2, 0) is 33.2 Å². The molecule has 282 valence electrons. The van der Waals surface area contributed by atoms with Crippen molar-refractivity contribution in [3.63, 3.8) is 0 Å². The molecule has 13 nitrogen and oxygen atoms in total. The van der Waals surface area contributed by atoms with Crippen molar-refractivity contribution >= 4 is 5.97 Å². The number of cyclic esters (lactones) is 1. The molecular formula is C35H66N2O11. The Labute approximate surface area is 288 Å². The van der Waals surface area contributed by atoms with Crippen LogP contribution in [0.25, 0.3) is 0 Å². The van der Waals surface area contributed by atoms with Gasteiger partial charge in [-0.25, -0.2) is 0 Å². The number of carbonyl (C=O) groups is 1. The third kappa shape index (κ3) is 9.87. The maximum Gasteiger partial charge on any atom is 0.311 e. The van der Waals surface area contributed by atoms with Gasteiger partial charge in [-0.1, -0.05) is 20.8 Å². The Bertz CT molecular complexity index is 1020. The van der Waals surface area contributed by atoms with Crippen molar-refractivity contribution in [3.8, 4) is 0 Å². The maximum atomic E-state index is 13.7. The van der Waals surface area contributed by atoms with E-state index in [9.17, 15) is 25.2 Å². The summed E-state index contributed by atoms with van der Waals surface area (Å²) in [5.41, 5.74) is -2.55. The normalized spacial score (nSPS) is 48.1. The zero-order chi connectivity index (χ0) is 36.3. The van der Waals surface area contributed by atoms with Gasteiger partial charge < -0.3 is 58.6 Å². The Hall–Kier alpha value is -0.970. The average Bonchev–Trinajstić information content (AvgIpc) is 3.00. The highest BCUT2D eigenvalue weighted by molar-refractivity contribution is 5.72. The maximum absolute atomic E-state index is 13.7. The van der Waals surface area contributed by atoms with Crippen LogP contribution in [0.1, 0.15) is 74.7 Å². The summed E-state index contributed by atoms with van der Waals surface area (Å²) in [6.45, 7) is 15.7. The molecule has 0 bridgehead atoms. The molecule has 0 radical (unpaired) electrons. The Kier molecular flexibility index (Phi) is 14.7. The van der Waals surface area contributed by atoms with Crippen LogP contribution in [0.2, 0.25) is 0 Å². The summed E-state index contributed by atoms with van der Waals surface area (Å²) < 4.78 is 37.1. The van der Waals surface area contributed by atoms with Crippen LogP contribution in [-0.4, -0.2) is 157 Å². The molecule has 0 aromatic rings. The molecule has 48 heavy (non-hydrogen) atoms. The molecule has 0 aromatic heterocycles. The van der Waals surface area contributed by atoms with Gasteiger partial charge in [0.1, 0.15) is 18.8 Å². The molecular weight excluding hydrogens is 624 g/mol. The number of carbonyl (C=O) groups excluding carboxylic acids is 1. The van der Waals surface area contributed by atoms with E-state index in [1.165, 1.54) is 7.11 Å². The smallest absolute Gasteiger partial charge is 0.311 e. The van der Waals surface area contributed by atoms with Gasteiger partial charge in [-0.2, -0.15) is 0 Å². The van der Waals surface area contributed by atoms with Crippen molar-refractivity contribution in [3.05, 3.63) is 0 Å². The van der Waals surface area contributed by atoms with Gasteiger partial charge in [0, 0.05) is 38.6 Å². The molecule has 0 aliphatic carbocycles. The Morgan fingerprint density at radius 3 is 2.19 bits per heavy atom. The summed E-state index contributed by atoms with van der Waals surface area (Å²) >= 11 is 0. The van der Waals surface area contributed by atoms with Crippen LogP contribution in [0.15, 0.2) is 0 Å². The van der Waals surface area contributed by atoms with Crippen molar-refractivity contribution in [1.29, 1.82) is 0 Å². The second-order valence-electron chi connectivity index (χ2n) is 15.8. The van der Waals surface area contributed by atoms with E-state index in [1.54, 1.807) is 27.7 Å². The lowest BCUT2D eigenvalue weighted by Gasteiger charge is -2.49. The number of esters is 1. The summed E-state index contributed by atoms with van der Waals surface area (Å²) in [6.07, 6.45) is -6.50. The number of rotatable bonds is 6. The minimum atomic E-state index is -1.58.